The fraction of sp³-hybridized carbons (Fsp3) is 0.417. The average Bonchev–Trinajstić information content (AvgIpc) is 2.54. The van der Waals surface area contributed by atoms with Crippen molar-refractivity contribution in [3.8, 4) is 0 Å². The Hall–Kier alpha value is -1.13. The number of rotatable bonds is 2. The Bertz CT molecular complexity index is 566. The number of hydrogen-bond donors (Lipinski definition) is 1. The zero-order valence-corrected chi connectivity index (χ0v) is 9.96. The van der Waals surface area contributed by atoms with E-state index in [0.717, 1.165) is 23.1 Å². The van der Waals surface area contributed by atoms with Crippen LogP contribution in [-0.2, 0) is 4.74 Å². The predicted molar refractivity (Wildman–Crippen MR) is 66.2 cm³/mol. The van der Waals surface area contributed by atoms with Gasteiger partial charge in [-0.3, -0.25) is 0 Å². The molecule has 0 amide bonds. The first-order valence-electron chi connectivity index (χ1n) is 5.51. The minimum absolute atomic E-state index is 0.403. The SMILES string of the molecule is COC1CC(n2c(=S)[nH]c3ccccc32)C1. The number of imidazole rings is 1. The lowest BCUT2D eigenvalue weighted by molar-refractivity contribution is 0.00698. The van der Waals surface area contributed by atoms with Crippen LogP contribution in [0.1, 0.15) is 18.9 Å². The lowest BCUT2D eigenvalue weighted by atomic mass is 9.89. The molecule has 0 saturated heterocycles. The van der Waals surface area contributed by atoms with E-state index in [2.05, 4.69) is 21.7 Å². The van der Waals surface area contributed by atoms with Crippen LogP contribution in [0.5, 0.6) is 0 Å². The van der Waals surface area contributed by atoms with Crippen LogP contribution in [0.2, 0.25) is 0 Å². The van der Waals surface area contributed by atoms with Gasteiger partial charge in [0.05, 0.1) is 17.1 Å². The number of aromatic amines is 1. The van der Waals surface area contributed by atoms with E-state index in [0.29, 0.717) is 12.1 Å². The van der Waals surface area contributed by atoms with Crippen molar-refractivity contribution < 1.29 is 4.74 Å². The van der Waals surface area contributed by atoms with Crippen molar-refractivity contribution in [3.63, 3.8) is 0 Å². The number of methoxy groups -OCH3 is 1. The fourth-order valence-corrected chi connectivity index (χ4v) is 2.74. The zero-order chi connectivity index (χ0) is 11.1. The van der Waals surface area contributed by atoms with E-state index in [-0.39, 0.29) is 0 Å². The molecule has 1 saturated carbocycles. The molecular weight excluding hydrogens is 220 g/mol. The zero-order valence-electron chi connectivity index (χ0n) is 9.14. The molecule has 2 aromatic rings. The van der Waals surface area contributed by atoms with Crippen molar-refractivity contribution in [1.82, 2.24) is 9.55 Å². The van der Waals surface area contributed by atoms with Gasteiger partial charge in [0.1, 0.15) is 0 Å². The van der Waals surface area contributed by atoms with Crippen LogP contribution in [0.15, 0.2) is 24.3 Å². The first-order chi connectivity index (χ1) is 7.79. The Morgan fingerprint density at radius 1 is 1.38 bits per heavy atom. The van der Waals surface area contributed by atoms with E-state index >= 15 is 0 Å². The van der Waals surface area contributed by atoms with Crippen molar-refractivity contribution in [3.05, 3.63) is 29.0 Å². The maximum Gasteiger partial charge on any atom is 0.178 e. The highest BCUT2D eigenvalue weighted by Crippen LogP contribution is 2.36. The highest BCUT2D eigenvalue weighted by atomic mass is 32.1. The Kier molecular flexibility index (Phi) is 2.33. The quantitative estimate of drug-likeness (QED) is 0.809. The summed E-state index contributed by atoms with van der Waals surface area (Å²) < 4.78 is 8.35. The van der Waals surface area contributed by atoms with Gasteiger partial charge >= 0.3 is 0 Å². The third-order valence-corrected chi connectivity index (χ3v) is 3.69. The molecule has 1 aromatic carbocycles. The van der Waals surface area contributed by atoms with Crippen molar-refractivity contribution >= 4 is 23.3 Å². The highest BCUT2D eigenvalue weighted by molar-refractivity contribution is 7.71. The smallest absolute Gasteiger partial charge is 0.178 e. The van der Waals surface area contributed by atoms with Crippen molar-refractivity contribution in [2.75, 3.05) is 7.11 Å². The van der Waals surface area contributed by atoms with Crippen LogP contribution in [0, 0.1) is 4.77 Å². The number of nitrogens with zero attached hydrogens (tertiary/aromatic N) is 1. The van der Waals surface area contributed by atoms with Gasteiger partial charge in [-0.05, 0) is 37.2 Å². The summed E-state index contributed by atoms with van der Waals surface area (Å²) in [5.74, 6) is 0. The summed E-state index contributed by atoms with van der Waals surface area (Å²) in [6.07, 6.45) is 2.53. The molecule has 1 heterocycles. The second-order valence-electron chi connectivity index (χ2n) is 4.30. The molecule has 3 nitrogen and oxygen atoms in total. The summed E-state index contributed by atoms with van der Waals surface area (Å²) >= 11 is 5.37. The third kappa shape index (κ3) is 1.41. The van der Waals surface area contributed by atoms with Gasteiger partial charge in [0.15, 0.2) is 4.77 Å². The maximum atomic E-state index is 5.37. The van der Waals surface area contributed by atoms with Gasteiger partial charge in [-0.1, -0.05) is 12.1 Å². The Labute approximate surface area is 99.0 Å². The largest absolute Gasteiger partial charge is 0.381 e. The minimum atomic E-state index is 0.403. The van der Waals surface area contributed by atoms with Gasteiger partial charge in [-0.2, -0.15) is 0 Å². The van der Waals surface area contributed by atoms with E-state index in [1.807, 2.05) is 12.1 Å². The number of benzene rings is 1. The van der Waals surface area contributed by atoms with Crippen molar-refractivity contribution in [1.29, 1.82) is 0 Å². The molecule has 1 aromatic heterocycles. The van der Waals surface area contributed by atoms with Crippen molar-refractivity contribution in [2.45, 2.75) is 25.0 Å². The highest BCUT2D eigenvalue weighted by Gasteiger charge is 2.31. The Morgan fingerprint density at radius 2 is 2.12 bits per heavy atom. The summed E-state index contributed by atoms with van der Waals surface area (Å²) in [6.45, 7) is 0. The summed E-state index contributed by atoms with van der Waals surface area (Å²) in [6, 6.07) is 8.74. The summed E-state index contributed by atoms with van der Waals surface area (Å²) in [4.78, 5) is 3.25. The number of ether oxygens (including phenoxy) is 1. The van der Waals surface area contributed by atoms with Crippen LogP contribution >= 0.6 is 12.2 Å². The van der Waals surface area contributed by atoms with E-state index in [9.17, 15) is 0 Å². The van der Waals surface area contributed by atoms with Gasteiger partial charge in [-0.25, -0.2) is 0 Å². The summed E-state index contributed by atoms with van der Waals surface area (Å²) in [5, 5.41) is 0. The Balaban J connectivity index is 2.04. The molecule has 1 N–H and O–H groups in total. The predicted octanol–water partition coefficient (Wildman–Crippen LogP) is 3.05. The lowest BCUT2D eigenvalue weighted by Gasteiger charge is -2.35. The Morgan fingerprint density at radius 3 is 2.88 bits per heavy atom. The molecule has 1 fully saturated rings. The molecule has 0 unspecified atom stereocenters. The number of hydrogen-bond acceptors (Lipinski definition) is 2. The monoisotopic (exact) mass is 234 g/mol. The molecule has 0 bridgehead atoms. The first-order valence-corrected chi connectivity index (χ1v) is 5.92. The van der Waals surface area contributed by atoms with Gasteiger partial charge in [0, 0.05) is 13.2 Å². The molecular formula is C12H14N2OS. The van der Waals surface area contributed by atoms with E-state index < -0.39 is 0 Å². The number of nitrogens with one attached hydrogen (secondary N) is 1. The number of aromatic nitrogens is 2. The molecule has 3 rings (SSSR count). The summed E-state index contributed by atoms with van der Waals surface area (Å²) in [7, 11) is 1.77. The van der Waals surface area contributed by atoms with Crippen LogP contribution < -0.4 is 0 Å². The molecule has 1 aliphatic carbocycles. The van der Waals surface area contributed by atoms with Gasteiger partial charge in [0.2, 0.25) is 0 Å². The molecule has 4 heteroatoms. The number of H-pyrrole nitrogens is 1. The van der Waals surface area contributed by atoms with Crippen LogP contribution in [0.4, 0.5) is 0 Å². The van der Waals surface area contributed by atoms with Gasteiger partial charge in [0.25, 0.3) is 0 Å². The minimum Gasteiger partial charge on any atom is -0.381 e. The average molecular weight is 234 g/mol. The van der Waals surface area contributed by atoms with E-state index in [4.69, 9.17) is 17.0 Å². The summed E-state index contributed by atoms with van der Waals surface area (Å²) in [5.41, 5.74) is 2.32. The first kappa shape index (κ1) is 10.1. The third-order valence-electron chi connectivity index (χ3n) is 3.39. The van der Waals surface area contributed by atoms with Crippen molar-refractivity contribution in [2.24, 2.45) is 0 Å². The van der Waals surface area contributed by atoms with Crippen LogP contribution in [0.25, 0.3) is 11.0 Å². The standard InChI is InChI=1S/C12H14N2OS/c1-15-9-6-8(7-9)14-11-5-3-2-4-10(11)13-12(14)16/h2-5,8-9H,6-7H2,1H3,(H,13,16). The van der Waals surface area contributed by atoms with Gasteiger partial charge < -0.3 is 14.3 Å². The number of fused-ring (bicyclic) bond motifs is 1. The van der Waals surface area contributed by atoms with Crippen LogP contribution in [0.3, 0.4) is 0 Å². The topological polar surface area (TPSA) is 29.9 Å². The molecule has 84 valence electrons. The maximum absolute atomic E-state index is 5.37. The second-order valence-corrected chi connectivity index (χ2v) is 4.69. The molecule has 0 atom stereocenters. The van der Waals surface area contributed by atoms with Gasteiger partial charge in [-0.15, -0.1) is 0 Å². The molecule has 0 radical (unpaired) electrons. The number of para-hydroxylation sites is 2. The molecule has 0 aliphatic heterocycles. The van der Waals surface area contributed by atoms with E-state index in [1.165, 1.54) is 5.52 Å². The fourth-order valence-electron chi connectivity index (χ4n) is 2.38. The van der Waals surface area contributed by atoms with E-state index in [1.54, 1.807) is 7.11 Å². The molecule has 0 spiro atoms. The molecule has 16 heavy (non-hydrogen) atoms. The second kappa shape index (κ2) is 3.71. The van der Waals surface area contributed by atoms with Crippen LogP contribution in [-0.4, -0.2) is 22.8 Å². The normalized spacial score (nSPS) is 24.6. The molecule has 1 aliphatic rings. The lowest BCUT2D eigenvalue weighted by Crippen LogP contribution is -2.32.